The summed E-state index contributed by atoms with van der Waals surface area (Å²) >= 11 is 0. The molecule has 1 aromatic carbocycles. The Morgan fingerprint density at radius 3 is 2.85 bits per heavy atom. The third-order valence-electron chi connectivity index (χ3n) is 4.31. The first-order valence-electron chi connectivity index (χ1n) is 8.28. The number of aryl methyl sites for hydroxylation is 2. The third-order valence-corrected chi connectivity index (χ3v) is 4.31. The number of ether oxygens (including phenoxy) is 1. The number of hydrogen-bond acceptors (Lipinski definition) is 5. The number of carbonyl (C=O) groups is 1. The van der Waals surface area contributed by atoms with E-state index in [0.29, 0.717) is 22.3 Å². The molecule has 27 heavy (non-hydrogen) atoms. The van der Waals surface area contributed by atoms with Crippen LogP contribution in [-0.4, -0.2) is 15.4 Å². The average molecular weight is 366 g/mol. The standard InChI is InChI=1S/C20H15FN2O4/c1-11-6-7-16-22-13(8-17(24)23(16)9-11)10-26-20(25)18-12(2)14-4-3-5-15(21)19(14)27-18/h3-9H,10H2,1-2H3. The van der Waals surface area contributed by atoms with E-state index in [1.54, 1.807) is 31.3 Å². The molecule has 3 heterocycles. The second kappa shape index (κ2) is 6.35. The number of nitrogens with zero attached hydrogens (tertiary/aromatic N) is 2. The van der Waals surface area contributed by atoms with E-state index in [-0.39, 0.29) is 23.5 Å². The molecule has 4 aromatic rings. The fourth-order valence-electron chi connectivity index (χ4n) is 2.94. The van der Waals surface area contributed by atoms with Crippen molar-refractivity contribution in [2.45, 2.75) is 20.5 Å². The number of carbonyl (C=O) groups excluding carboxylic acids is 1. The fourth-order valence-corrected chi connectivity index (χ4v) is 2.94. The molecule has 0 fully saturated rings. The minimum absolute atomic E-state index is 0.0133. The molecule has 0 amide bonds. The molecule has 4 rings (SSSR count). The second-order valence-corrected chi connectivity index (χ2v) is 6.27. The summed E-state index contributed by atoms with van der Waals surface area (Å²) < 4.78 is 25.8. The number of furan rings is 1. The lowest BCUT2D eigenvalue weighted by Gasteiger charge is -2.06. The highest BCUT2D eigenvalue weighted by molar-refractivity contribution is 5.96. The Labute approximate surface area is 152 Å². The maximum absolute atomic E-state index is 13.8. The molecule has 0 unspecified atom stereocenters. The summed E-state index contributed by atoms with van der Waals surface area (Å²) in [5, 5.41) is 0.513. The number of fused-ring (bicyclic) bond motifs is 2. The average Bonchev–Trinajstić information content (AvgIpc) is 2.99. The summed E-state index contributed by atoms with van der Waals surface area (Å²) in [4.78, 5) is 28.9. The van der Waals surface area contributed by atoms with Gasteiger partial charge in [-0.2, -0.15) is 0 Å². The van der Waals surface area contributed by atoms with Crippen molar-refractivity contribution in [3.63, 3.8) is 0 Å². The van der Waals surface area contributed by atoms with Gasteiger partial charge in [0.15, 0.2) is 11.4 Å². The molecule has 136 valence electrons. The Balaban J connectivity index is 1.60. The van der Waals surface area contributed by atoms with Gasteiger partial charge in [0.05, 0.1) is 5.69 Å². The van der Waals surface area contributed by atoms with Crippen LogP contribution >= 0.6 is 0 Å². The van der Waals surface area contributed by atoms with Crippen LogP contribution in [0.2, 0.25) is 0 Å². The molecular formula is C20H15FN2O4. The Bertz CT molecular complexity index is 1260. The monoisotopic (exact) mass is 366 g/mol. The van der Waals surface area contributed by atoms with Crippen molar-refractivity contribution in [3.05, 3.63) is 81.3 Å². The Morgan fingerprint density at radius 2 is 2.07 bits per heavy atom. The van der Waals surface area contributed by atoms with Crippen molar-refractivity contribution in [1.82, 2.24) is 9.38 Å². The van der Waals surface area contributed by atoms with Gasteiger partial charge in [-0.15, -0.1) is 0 Å². The van der Waals surface area contributed by atoms with E-state index in [1.165, 1.54) is 16.5 Å². The van der Waals surface area contributed by atoms with E-state index < -0.39 is 11.8 Å². The quantitative estimate of drug-likeness (QED) is 0.519. The number of esters is 1. The molecular weight excluding hydrogens is 351 g/mol. The lowest BCUT2D eigenvalue weighted by atomic mass is 10.1. The highest BCUT2D eigenvalue weighted by Crippen LogP contribution is 2.27. The first-order chi connectivity index (χ1) is 12.9. The van der Waals surface area contributed by atoms with Gasteiger partial charge in [0.2, 0.25) is 5.76 Å². The van der Waals surface area contributed by atoms with E-state index in [0.717, 1.165) is 5.56 Å². The third kappa shape index (κ3) is 2.97. The van der Waals surface area contributed by atoms with Crippen molar-refractivity contribution in [2.24, 2.45) is 0 Å². The van der Waals surface area contributed by atoms with Crippen LogP contribution in [0.4, 0.5) is 4.39 Å². The molecule has 0 atom stereocenters. The van der Waals surface area contributed by atoms with E-state index in [1.807, 2.05) is 13.0 Å². The summed E-state index contributed by atoms with van der Waals surface area (Å²) in [7, 11) is 0. The van der Waals surface area contributed by atoms with Crippen molar-refractivity contribution in [2.75, 3.05) is 0 Å². The number of halogens is 1. The highest BCUT2D eigenvalue weighted by atomic mass is 19.1. The molecule has 0 radical (unpaired) electrons. The van der Waals surface area contributed by atoms with Gasteiger partial charge in [0.1, 0.15) is 12.3 Å². The molecule has 3 aromatic heterocycles. The predicted molar refractivity (Wildman–Crippen MR) is 96.2 cm³/mol. The highest BCUT2D eigenvalue weighted by Gasteiger charge is 2.21. The SMILES string of the molecule is Cc1ccc2nc(COC(=O)c3oc4c(F)cccc4c3C)cc(=O)n2c1. The van der Waals surface area contributed by atoms with Crippen LogP contribution < -0.4 is 5.56 Å². The van der Waals surface area contributed by atoms with Gasteiger partial charge in [-0.25, -0.2) is 14.2 Å². The number of benzene rings is 1. The van der Waals surface area contributed by atoms with Gasteiger partial charge >= 0.3 is 5.97 Å². The zero-order chi connectivity index (χ0) is 19.1. The molecule has 0 spiro atoms. The van der Waals surface area contributed by atoms with Crippen LogP contribution in [0, 0.1) is 19.7 Å². The van der Waals surface area contributed by atoms with Crippen molar-refractivity contribution in [1.29, 1.82) is 0 Å². The maximum Gasteiger partial charge on any atom is 0.374 e. The van der Waals surface area contributed by atoms with Crippen LogP contribution in [-0.2, 0) is 11.3 Å². The Hall–Kier alpha value is -3.48. The Kier molecular flexibility index (Phi) is 3.99. The van der Waals surface area contributed by atoms with Crippen LogP contribution in [0.3, 0.4) is 0 Å². The number of aromatic nitrogens is 2. The number of hydrogen-bond donors (Lipinski definition) is 0. The topological polar surface area (TPSA) is 73.8 Å². The fraction of sp³-hybridized carbons (Fsp3) is 0.150. The first-order valence-corrected chi connectivity index (χ1v) is 8.28. The summed E-state index contributed by atoms with van der Waals surface area (Å²) in [5.41, 5.74) is 1.95. The lowest BCUT2D eigenvalue weighted by Crippen LogP contribution is -2.17. The molecule has 0 saturated carbocycles. The normalized spacial score (nSPS) is 11.2. The zero-order valence-corrected chi connectivity index (χ0v) is 14.7. The van der Waals surface area contributed by atoms with Crippen LogP contribution in [0.15, 0.2) is 51.8 Å². The molecule has 7 heteroatoms. The zero-order valence-electron chi connectivity index (χ0n) is 14.7. The van der Waals surface area contributed by atoms with Crippen LogP contribution in [0.25, 0.3) is 16.6 Å². The van der Waals surface area contributed by atoms with Gasteiger partial charge in [0.25, 0.3) is 5.56 Å². The molecule has 0 aliphatic heterocycles. The minimum atomic E-state index is -0.742. The number of rotatable bonds is 3. The largest absolute Gasteiger partial charge is 0.453 e. The summed E-state index contributed by atoms with van der Waals surface area (Å²) in [6.45, 7) is 3.34. The van der Waals surface area contributed by atoms with Gasteiger partial charge in [-0.3, -0.25) is 9.20 Å². The molecule has 6 nitrogen and oxygen atoms in total. The maximum atomic E-state index is 13.8. The van der Waals surface area contributed by atoms with Gasteiger partial charge in [-0.1, -0.05) is 18.2 Å². The van der Waals surface area contributed by atoms with Gasteiger partial charge in [0, 0.05) is 23.2 Å². The van der Waals surface area contributed by atoms with E-state index in [2.05, 4.69) is 4.98 Å². The van der Waals surface area contributed by atoms with E-state index >= 15 is 0 Å². The molecule has 0 aliphatic rings. The molecule has 0 bridgehead atoms. The van der Waals surface area contributed by atoms with E-state index in [4.69, 9.17) is 9.15 Å². The van der Waals surface area contributed by atoms with Crippen LogP contribution in [0.5, 0.6) is 0 Å². The first kappa shape index (κ1) is 17.0. The second-order valence-electron chi connectivity index (χ2n) is 6.27. The van der Waals surface area contributed by atoms with Gasteiger partial charge in [-0.05, 0) is 31.5 Å². The smallest absolute Gasteiger partial charge is 0.374 e. The summed E-state index contributed by atoms with van der Waals surface area (Å²) in [6, 6.07) is 9.34. The predicted octanol–water partition coefficient (Wildman–Crippen LogP) is 3.55. The van der Waals surface area contributed by atoms with Crippen LogP contribution in [0.1, 0.15) is 27.4 Å². The van der Waals surface area contributed by atoms with Crippen molar-refractivity contribution < 1.29 is 18.3 Å². The van der Waals surface area contributed by atoms with Gasteiger partial charge < -0.3 is 9.15 Å². The lowest BCUT2D eigenvalue weighted by molar-refractivity contribution is 0.0432. The van der Waals surface area contributed by atoms with E-state index in [9.17, 15) is 14.0 Å². The molecule has 0 saturated heterocycles. The summed E-state index contributed by atoms with van der Waals surface area (Å²) in [6.07, 6.45) is 1.69. The number of pyridine rings is 1. The molecule has 0 N–H and O–H groups in total. The minimum Gasteiger partial charge on any atom is -0.453 e. The van der Waals surface area contributed by atoms with Crippen molar-refractivity contribution in [3.8, 4) is 0 Å². The summed E-state index contributed by atoms with van der Waals surface area (Å²) in [5.74, 6) is -1.36. The number of para-hydroxylation sites is 1. The molecule has 0 aliphatic carbocycles. The van der Waals surface area contributed by atoms with Crippen molar-refractivity contribution >= 4 is 22.6 Å². The Morgan fingerprint density at radius 1 is 1.26 bits per heavy atom.